The molecule has 0 rings (SSSR count). The monoisotopic (exact) mass is 203 g/mol. The highest BCUT2D eigenvalue weighted by atomic mass is 32.2. The van der Waals surface area contributed by atoms with Gasteiger partial charge >= 0.3 is 0 Å². The molecule has 1 N–H and O–H groups in total. The Morgan fingerprint density at radius 2 is 1.92 bits per heavy atom. The lowest BCUT2D eigenvalue weighted by atomic mass is 9.92. The predicted octanol–water partition coefficient (Wildman–Crippen LogP) is 3.01. The fraction of sp³-hybridized carbons (Fsp3) is 1.00. The normalized spacial score (nSPS) is 15.7. The number of nitrogens with one attached hydrogen (secondary N) is 1. The van der Waals surface area contributed by atoms with Crippen LogP contribution in [0.3, 0.4) is 0 Å². The van der Waals surface area contributed by atoms with Gasteiger partial charge in [0.1, 0.15) is 0 Å². The molecule has 0 aromatic rings. The van der Waals surface area contributed by atoms with Gasteiger partial charge in [-0.05, 0) is 49.8 Å². The van der Waals surface area contributed by atoms with Crippen molar-refractivity contribution >= 4 is 11.8 Å². The summed E-state index contributed by atoms with van der Waals surface area (Å²) in [4.78, 5) is 0. The number of rotatable bonds is 8. The van der Waals surface area contributed by atoms with Crippen LogP contribution in [0.15, 0.2) is 0 Å². The summed E-state index contributed by atoms with van der Waals surface area (Å²) in [6.07, 6.45) is 2.77. The van der Waals surface area contributed by atoms with Crippen molar-refractivity contribution in [1.29, 1.82) is 0 Å². The van der Waals surface area contributed by atoms with Crippen LogP contribution in [0.4, 0.5) is 0 Å². The van der Waals surface area contributed by atoms with Crippen LogP contribution in [-0.4, -0.2) is 25.1 Å². The van der Waals surface area contributed by atoms with Crippen LogP contribution in [0.5, 0.6) is 0 Å². The van der Waals surface area contributed by atoms with E-state index >= 15 is 0 Å². The molecule has 2 heteroatoms. The average molecular weight is 203 g/mol. The van der Waals surface area contributed by atoms with E-state index in [1.807, 2.05) is 7.05 Å². The molecule has 1 nitrogen and oxygen atoms in total. The Bertz CT molecular complexity index is 106. The van der Waals surface area contributed by atoms with Crippen LogP contribution >= 0.6 is 11.8 Å². The maximum Gasteiger partial charge on any atom is -0.00236 e. The van der Waals surface area contributed by atoms with Crippen LogP contribution in [0.1, 0.15) is 33.6 Å². The van der Waals surface area contributed by atoms with Crippen molar-refractivity contribution in [2.45, 2.75) is 33.6 Å². The van der Waals surface area contributed by atoms with Crippen LogP contribution in [0.25, 0.3) is 0 Å². The second-order valence-electron chi connectivity index (χ2n) is 3.85. The first-order valence-electron chi connectivity index (χ1n) is 5.44. The molecule has 0 heterocycles. The van der Waals surface area contributed by atoms with Crippen LogP contribution in [0.2, 0.25) is 0 Å². The largest absolute Gasteiger partial charge is 0.319 e. The number of hydrogen-bond donors (Lipinski definition) is 1. The summed E-state index contributed by atoms with van der Waals surface area (Å²) in [6, 6.07) is 0. The van der Waals surface area contributed by atoms with Gasteiger partial charge in [0, 0.05) is 0 Å². The van der Waals surface area contributed by atoms with Gasteiger partial charge in [0.15, 0.2) is 0 Å². The zero-order valence-electron chi connectivity index (χ0n) is 9.60. The zero-order chi connectivity index (χ0) is 10.1. The molecule has 0 radical (unpaired) electrons. The van der Waals surface area contributed by atoms with Gasteiger partial charge in [-0.1, -0.05) is 20.8 Å². The van der Waals surface area contributed by atoms with Crippen LogP contribution < -0.4 is 5.32 Å². The minimum Gasteiger partial charge on any atom is -0.319 e. The summed E-state index contributed by atoms with van der Waals surface area (Å²) in [5.41, 5.74) is 0. The highest BCUT2D eigenvalue weighted by Crippen LogP contribution is 2.17. The summed E-state index contributed by atoms with van der Waals surface area (Å²) < 4.78 is 0. The lowest BCUT2D eigenvalue weighted by molar-refractivity contribution is 0.353. The van der Waals surface area contributed by atoms with E-state index in [9.17, 15) is 0 Å². The molecule has 13 heavy (non-hydrogen) atoms. The second-order valence-corrected chi connectivity index (χ2v) is 5.25. The highest BCUT2D eigenvalue weighted by molar-refractivity contribution is 7.99. The molecular formula is C11H25NS. The molecule has 0 saturated carbocycles. The number of thioether (sulfide) groups is 1. The standard InChI is InChI=1S/C11H25NS/c1-5-13-8-6-7-10(2)11(3)9-12-4/h10-12H,5-9H2,1-4H3. The molecule has 2 unspecified atom stereocenters. The highest BCUT2D eigenvalue weighted by Gasteiger charge is 2.10. The Labute approximate surface area is 88.1 Å². The zero-order valence-corrected chi connectivity index (χ0v) is 10.4. The van der Waals surface area contributed by atoms with Gasteiger partial charge < -0.3 is 5.32 Å². The molecule has 0 aromatic heterocycles. The lowest BCUT2D eigenvalue weighted by Gasteiger charge is -2.19. The van der Waals surface area contributed by atoms with Crippen molar-refractivity contribution in [2.24, 2.45) is 11.8 Å². The maximum atomic E-state index is 3.24. The maximum absolute atomic E-state index is 3.24. The predicted molar refractivity (Wildman–Crippen MR) is 64.5 cm³/mol. The van der Waals surface area contributed by atoms with E-state index in [0.29, 0.717) is 0 Å². The molecular weight excluding hydrogens is 178 g/mol. The fourth-order valence-electron chi connectivity index (χ4n) is 1.46. The third-order valence-electron chi connectivity index (χ3n) is 2.65. The van der Waals surface area contributed by atoms with E-state index in [-0.39, 0.29) is 0 Å². The molecule has 0 aromatic carbocycles. The molecule has 0 bridgehead atoms. The van der Waals surface area contributed by atoms with Crippen molar-refractivity contribution in [3.8, 4) is 0 Å². The van der Waals surface area contributed by atoms with Gasteiger partial charge in [-0.15, -0.1) is 0 Å². The minimum absolute atomic E-state index is 0.816. The summed E-state index contributed by atoms with van der Waals surface area (Å²) in [7, 11) is 2.04. The van der Waals surface area contributed by atoms with E-state index in [0.717, 1.165) is 18.4 Å². The second kappa shape index (κ2) is 8.89. The lowest BCUT2D eigenvalue weighted by Crippen LogP contribution is -2.21. The molecule has 2 atom stereocenters. The van der Waals surface area contributed by atoms with Gasteiger partial charge in [0.05, 0.1) is 0 Å². The van der Waals surface area contributed by atoms with Gasteiger partial charge in [-0.3, -0.25) is 0 Å². The first-order valence-corrected chi connectivity index (χ1v) is 6.60. The van der Waals surface area contributed by atoms with Crippen molar-refractivity contribution < 1.29 is 0 Å². The number of hydrogen-bond acceptors (Lipinski definition) is 2. The molecule has 0 aliphatic carbocycles. The Kier molecular flexibility index (Phi) is 9.10. The summed E-state index contributed by atoms with van der Waals surface area (Å²) in [5.74, 6) is 4.29. The summed E-state index contributed by atoms with van der Waals surface area (Å²) in [6.45, 7) is 8.10. The van der Waals surface area contributed by atoms with E-state index in [2.05, 4.69) is 37.8 Å². The van der Waals surface area contributed by atoms with Gasteiger partial charge in [0.2, 0.25) is 0 Å². The molecule has 0 fully saturated rings. The molecule has 0 spiro atoms. The summed E-state index contributed by atoms with van der Waals surface area (Å²) >= 11 is 2.06. The first kappa shape index (κ1) is 13.3. The Balaban J connectivity index is 3.32. The first-order chi connectivity index (χ1) is 6.22. The Hall–Kier alpha value is 0.310. The average Bonchev–Trinajstić information content (AvgIpc) is 2.12. The molecule has 0 aliphatic heterocycles. The van der Waals surface area contributed by atoms with Gasteiger partial charge in [0.25, 0.3) is 0 Å². The van der Waals surface area contributed by atoms with Gasteiger partial charge in [-0.2, -0.15) is 11.8 Å². The smallest absolute Gasteiger partial charge is 0.00236 e. The Morgan fingerprint density at radius 3 is 2.46 bits per heavy atom. The van der Waals surface area contributed by atoms with E-state index in [1.165, 1.54) is 24.3 Å². The SMILES string of the molecule is CCSCCCC(C)C(C)CNC. The fourth-order valence-corrected chi connectivity index (χ4v) is 2.12. The van der Waals surface area contributed by atoms with E-state index < -0.39 is 0 Å². The third-order valence-corrected chi connectivity index (χ3v) is 3.64. The topological polar surface area (TPSA) is 12.0 Å². The third kappa shape index (κ3) is 7.39. The van der Waals surface area contributed by atoms with Crippen LogP contribution in [-0.2, 0) is 0 Å². The summed E-state index contributed by atoms with van der Waals surface area (Å²) in [5, 5.41) is 3.24. The minimum atomic E-state index is 0.816. The quantitative estimate of drug-likeness (QED) is 0.609. The van der Waals surface area contributed by atoms with E-state index in [4.69, 9.17) is 0 Å². The van der Waals surface area contributed by atoms with Crippen molar-refractivity contribution in [1.82, 2.24) is 5.32 Å². The van der Waals surface area contributed by atoms with Gasteiger partial charge in [-0.25, -0.2) is 0 Å². The Morgan fingerprint density at radius 1 is 1.23 bits per heavy atom. The molecule has 80 valence electrons. The van der Waals surface area contributed by atoms with Crippen molar-refractivity contribution in [3.05, 3.63) is 0 Å². The van der Waals surface area contributed by atoms with Crippen molar-refractivity contribution in [2.75, 3.05) is 25.1 Å². The molecule has 0 aliphatic rings. The van der Waals surface area contributed by atoms with Crippen LogP contribution in [0, 0.1) is 11.8 Å². The molecule has 0 saturated heterocycles. The molecule has 0 amide bonds. The van der Waals surface area contributed by atoms with E-state index in [1.54, 1.807) is 0 Å². The van der Waals surface area contributed by atoms with Crippen molar-refractivity contribution in [3.63, 3.8) is 0 Å².